The first kappa shape index (κ1) is 51.0. The number of fused-ring (bicyclic) bond motifs is 2. The Morgan fingerprint density at radius 3 is 1.74 bits per heavy atom. The van der Waals surface area contributed by atoms with Gasteiger partial charge >= 0.3 is 27.4 Å². The van der Waals surface area contributed by atoms with Gasteiger partial charge < -0.3 is 39.7 Å². The van der Waals surface area contributed by atoms with Crippen molar-refractivity contribution in [2.75, 3.05) is 51.7 Å². The van der Waals surface area contributed by atoms with Gasteiger partial charge in [-0.05, 0) is 39.5 Å². The van der Waals surface area contributed by atoms with E-state index in [4.69, 9.17) is 57.8 Å². The first-order chi connectivity index (χ1) is 33.0. The monoisotopic (exact) mass is 1010 g/mol. The minimum absolute atomic E-state index is 0.0154. The molecule has 4 N–H and O–H groups in total. The summed E-state index contributed by atoms with van der Waals surface area (Å²) < 4.78 is 122. The summed E-state index contributed by atoms with van der Waals surface area (Å²) in [5.41, 5.74) is 11.0. The lowest BCUT2D eigenvalue weighted by molar-refractivity contribution is -0.165. The van der Waals surface area contributed by atoms with Crippen molar-refractivity contribution in [1.82, 2.24) is 39.0 Å². The molecule has 2 saturated heterocycles. The maximum Gasteiger partial charge on any atom is 0.478 e. The standard InChI is InChI=1S/C41H58F2N10O14P2/c1-24-25(65-36(27(24)42)52-19-50-29-32(44)46-17-48-34(29)52)15-62-69(57,64-22-60-39(55)41(3)13-9-6-10-14-41)67-31-26(66-37(28(31)43)53-20-51-30-33(45)47-18-49-35(30)53)16-61-68(56,23-58-4)63-21-59-38(54)40(2)11-7-5-8-12-40/h17-20,24-28,31,36-37H,5-16,21-23H2,1-4H3,(H2,44,46,48)(H2,45,47,49)/t24-,25-,26-,27-,28-,31-,36-,37-,68?,69?/m1/s1. The van der Waals surface area contributed by atoms with E-state index in [0.29, 0.717) is 25.7 Å². The SMILES string of the molecule is COCP(=O)(OCOC(=O)C1(C)CCCCC1)OC[C@H]1O[C@@H](n2cnc3c(N)ncnc32)[C@H](F)[C@@H]1OP(=O)(OCOC(=O)C1(C)CCCCC1)OC[C@H]1O[C@@H](n2cnc3c(N)ncnc32)[C@H](F)[C@@H]1C. The fourth-order valence-electron chi connectivity index (χ4n) is 9.14. The van der Waals surface area contributed by atoms with Crippen molar-refractivity contribution in [1.29, 1.82) is 0 Å². The van der Waals surface area contributed by atoms with Crippen molar-refractivity contribution in [2.24, 2.45) is 16.7 Å². The maximum atomic E-state index is 17.2. The second-order valence-electron chi connectivity index (χ2n) is 18.3. The van der Waals surface area contributed by atoms with E-state index in [2.05, 4.69) is 29.9 Å². The topological polar surface area (TPSA) is 300 Å². The van der Waals surface area contributed by atoms with Gasteiger partial charge in [0.15, 0.2) is 47.7 Å². The number of carbonyl (C=O) groups excluding carboxylic acids is 2. The molecule has 2 aliphatic carbocycles. The number of phosphoric acid groups is 1. The lowest BCUT2D eigenvalue weighted by Gasteiger charge is -2.31. The first-order valence-corrected chi connectivity index (χ1v) is 25.9. The molecule has 380 valence electrons. The van der Waals surface area contributed by atoms with Crippen molar-refractivity contribution >= 4 is 61.3 Å². The van der Waals surface area contributed by atoms with Gasteiger partial charge in [0.1, 0.15) is 42.2 Å². The predicted molar refractivity (Wildman–Crippen MR) is 237 cm³/mol. The molecule has 4 aromatic heterocycles. The van der Waals surface area contributed by atoms with Crippen molar-refractivity contribution < 1.29 is 73.8 Å². The summed E-state index contributed by atoms with van der Waals surface area (Å²) in [4.78, 5) is 51.0. The van der Waals surface area contributed by atoms with Crippen LogP contribution in [0.4, 0.5) is 20.4 Å². The van der Waals surface area contributed by atoms with Crippen LogP contribution >= 0.6 is 15.4 Å². The maximum absolute atomic E-state index is 17.2. The number of esters is 2. The molecule has 69 heavy (non-hydrogen) atoms. The molecule has 4 aromatic rings. The highest BCUT2D eigenvalue weighted by Crippen LogP contribution is 2.56. The summed E-state index contributed by atoms with van der Waals surface area (Å²) in [6.07, 6.45) is 0.179. The third-order valence-corrected chi connectivity index (χ3v) is 16.4. The van der Waals surface area contributed by atoms with Gasteiger partial charge in [-0.1, -0.05) is 45.4 Å². The largest absolute Gasteiger partial charge is 0.478 e. The molecule has 0 spiro atoms. The average Bonchev–Trinajstić information content (AvgIpc) is 4.10. The average molecular weight is 1010 g/mol. The quantitative estimate of drug-likeness (QED) is 0.0562. The molecule has 0 amide bonds. The Morgan fingerprint density at radius 1 is 0.710 bits per heavy atom. The van der Waals surface area contributed by atoms with Crippen LogP contribution in [0.1, 0.15) is 97.4 Å². The van der Waals surface area contributed by atoms with Crippen molar-refractivity contribution in [2.45, 2.75) is 128 Å². The summed E-state index contributed by atoms with van der Waals surface area (Å²) >= 11 is 0. The van der Waals surface area contributed by atoms with Crippen LogP contribution in [0.15, 0.2) is 25.3 Å². The Kier molecular flexibility index (Phi) is 15.6. The number of hydrogen-bond donors (Lipinski definition) is 2. The Bertz CT molecular complexity index is 2550. The van der Waals surface area contributed by atoms with Gasteiger partial charge in [-0.2, -0.15) is 0 Å². The van der Waals surface area contributed by atoms with Crippen LogP contribution in [0.25, 0.3) is 22.3 Å². The number of nitrogens with two attached hydrogens (primary N) is 2. The minimum atomic E-state index is -5.14. The lowest BCUT2D eigenvalue weighted by atomic mass is 9.76. The first-order valence-electron chi connectivity index (χ1n) is 22.7. The van der Waals surface area contributed by atoms with E-state index in [9.17, 15) is 18.7 Å². The summed E-state index contributed by atoms with van der Waals surface area (Å²) in [6, 6.07) is 0. The smallest absolute Gasteiger partial charge is 0.438 e. The number of carbonyl (C=O) groups is 2. The minimum Gasteiger partial charge on any atom is -0.438 e. The van der Waals surface area contributed by atoms with Crippen LogP contribution in [0.2, 0.25) is 0 Å². The summed E-state index contributed by atoms with van der Waals surface area (Å²) in [6.45, 7) is 1.94. The summed E-state index contributed by atoms with van der Waals surface area (Å²) in [5.74, 6) is -2.02. The number of nitrogens with zero attached hydrogens (tertiary/aromatic N) is 8. The molecule has 2 unspecified atom stereocenters. The van der Waals surface area contributed by atoms with E-state index in [1.165, 1.54) is 42.1 Å². The fourth-order valence-corrected chi connectivity index (χ4v) is 11.5. The number of halogens is 2. The zero-order valence-corrected chi connectivity index (χ0v) is 40.4. The van der Waals surface area contributed by atoms with Gasteiger partial charge in [0.2, 0.25) is 13.6 Å². The molecule has 0 aromatic carbocycles. The van der Waals surface area contributed by atoms with Crippen molar-refractivity contribution in [3.8, 4) is 0 Å². The van der Waals surface area contributed by atoms with Gasteiger partial charge in [-0.15, -0.1) is 0 Å². The van der Waals surface area contributed by atoms with Gasteiger partial charge in [0, 0.05) is 13.0 Å². The van der Waals surface area contributed by atoms with Gasteiger partial charge in [-0.25, -0.2) is 47.8 Å². The molecule has 10 atom stereocenters. The second kappa shape index (κ2) is 21.2. The van der Waals surface area contributed by atoms with E-state index in [1.54, 1.807) is 13.8 Å². The molecule has 4 fully saturated rings. The molecule has 24 nitrogen and oxygen atoms in total. The number of alkyl halides is 2. The van der Waals surface area contributed by atoms with Crippen molar-refractivity contribution in [3.63, 3.8) is 0 Å². The fraction of sp³-hybridized carbons (Fsp3) is 0.707. The molecule has 8 rings (SSSR count). The zero-order chi connectivity index (χ0) is 49.1. The summed E-state index contributed by atoms with van der Waals surface area (Å²) in [5, 5.41) is 0. The number of ether oxygens (including phenoxy) is 5. The van der Waals surface area contributed by atoms with Crippen LogP contribution in [-0.2, 0) is 65.0 Å². The van der Waals surface area contributed by atoms with E-state index >= 15 is 8.78 Å². The predicted octanol–water partition coefficient (Wildman–Crippen LogP) is 6.24. The molecule has 0 radical (unpaired) electrons. The number of aromatic nitrogens is 8. The van der Waals surface area contributed by atoms with E-state index in [0.717, 1.165) is 44.9 Å². The molecular formula is C41H58F2N10O14P2. The number of phosphoric ester groups is 1. The number of methoxy groups -OCH3 is 1. The number of hydrogen-bond acceptors (Lipinski definition) is 22. The molecule has 2 saturated carbocycles. The molecule has 4 aliphatic rings. The number of imidazole rings is 2. The molecule has 2 aliphatic heterocycles. The highest BCUT2D eigenvalue weighted by Gasteiger charge is 2.53. The van der Waals surface area contributed by atoms with Crippen LogP contribution in [0, 0.1) is 16.7 Å². The molecule has 0 bridgehead atoms. The third-order valence-electron chi connectivity index (χ3n) is 13.4. The molecular weight excluding hydrogens is 956 g/mol. The van der Waals surface area contributed by atoms with Crippen LogP contribution in [0.3, 0.4) is 0 Å². The summed E-state index contributed by atoms with van der Waals surface area (Å²) in [7, 11) is -8.23. The Balaban J connectivity index is 1.04. The highest BCUT2D eigenvalue weighted by molar-refractivity contribution is 7.53. The van der Waals surface area contributed by atoms with Crippen LogP contribution < -0.4 is 11.5 Å². The Morgan fingerprint density at radius 2 is 1.20 bits per heavy atom. The van der Waals surface area contributed by atoms with Gasteiger partial charge in [-0.3, -0.25) is 36.9 Å². The number of anilines is 2. The highest BCUT2D eigenvalue weighted by atomic mass is 31.2. The zero-order valence-electron chi connectivity index (χ0n) is 38.6. The van der Waals surface area contributed by atoms with Crippen LogP contribution in [0.5, 0.6) is 0 Å². The normalized spacial score (nSPS) is 28.6. The van der Waals surface area contributed by atoms with Crippen molar-refractivity contribution in [3.05, 3.63) is 25.3 Å². The van der Waals surface area contributed by atoms with Crippen LogP contribution in [-0.4, -0.2) is 122 Å². The lowest BCUT2D eigenvalue weighted by Crippen LogP contribution is -2.35. The number of rotatable bonds is 20. The van der Waals surface area contributed by atoms with E-state index in [1.807, 2.05) is 0 Å². The molecule has 6 heterocycles. The Hall–Kier alpha value is -4.36. The second-order valence-corrected chi connectivity index (χ2v) is 21.9. The van der Waals surface area contributed by atoms with E-state index in [-0.39, 0.29) is 34.0 Å². The molecule has 28 heteroatoms. The third kappa shape index (κ3) is 10.9. The van der Waals surface area contributed by atoms with E-state index < -0.39 is 120 Å². The number of nitrogen functional groups attached to an aromatic ring is 2. The Labute approximate surface area is 395 Å². The van der Waals surface area contributed by atoms with Gasteiger partial charge in [0.05, 0.1) is 42.8 Å². The van der Waals surface area contributed by atoms with Gasteiger partial charge in [0.25, 0.3) is 0 Å².